The average molecular weight is 682 g/mol. The molecular formula is C38H34BrO5P. The molecule has 6 rings (SSSR count). The zero-order chi connectivity index (χ0) is 31.6. The third-order valence-electron chi connectivity index (χ3n) is 8.67. The number of phenolic OH excluding ortho intramolecular Hbond substituents is 2. The van der Waals surface area contributed by atoms with E-state index in [0.29, 0.717) is 17.9 Å². The van der Waals surface area contributed by atoms with Gasteiger partial charge in [0, 0.05) is 0 Å². The summed E-state index contributed by atoms with van der Waals surface area (Å²) in [6.45, 7) is 2.13. The number of hydrogen-bond donors (Lipinski definition) is 2. The number of aryl methyl sites for hydroxylation is 1. The fourth-order valence-corrected chi connectivity index (χ4v) is 14.2. The molecule has 0 unspecified atom stereocenters. The summed E-state index contributed by atoms with van der Waals surface area (Å²) in [5.41, 5.74) is 0.694. The molecule has 7 heteroatoms. The van der Waals surface area contributed by atoms with Crippen LogP contribution in [-0.4, -0.2) is 34.5 Å². The van der Waals surface area contributed by atoms with Crippen LogP contribution in [0.3, 0.4) is 0 Å². The van der Waals surface area contributed by atoms with Gasteiger partial charge in [0.2, 0.25) is 0 Å². The first-order valence-corrected chi connectivity index (χ1v) is 19.5. The van der Waals surface area contributed by atoms with E-state index in [9.17, 15) is 19.8 Å². The van der Waals surface area contributed by atoms with Crippen molar-refractivity contribution in [1.29, 1.82) is 0 Å². The van der Waals surface area contributed by atoms with Crippen molar-refractivity contribution >= 4 is 48.3 Å². The number of fused-ring (bicyclic) bond motifs is 2. The van der Waals surface area contributed by atoms with Gasteiger partial charge >= 0.3 is 243 Å². The second-order valence-corrected chi connectivity index (χ2v) is 20.6. The molecule has 1 aliphatic rings. The molecule has 0 spiro atoms. The van der Waals surface area contributed by atoms with Crippen molar-refractivity contribution < 1.29 is 24.5 Å². The maximum atomic E-state index is 13.3. The molecule has 0 saturated carbocycles. The van der Waals surface area contributed by atoms with Crippen LogP contribution >= 0.6 is 20.8 Å². The summed E-state index contributed by atoms with van der Waals surface area (Å²) < 4.78 is 6.01. The van der Waals surface area contributed by atoms with Crippen molar-refractivity contribution in [3.05, 3.63) is 143 Å². The monoisotopic (exact) mass is 680 g/mol. The predicted molar refractivity (Wildman–Crippen MR) is 186 cm³/mol. The fraction of sp³-hybridized carbons (Fsp3) is 0.158. The van der Waals surface area contributed by atoms with Gasteiger partial charge in [-0.25, -0.2) is 0 Å². The van der Waals surface area contributed by atoms with E-state index in [1.807, 2.05) is 0 Å². The number of benzene rings is 5. The Morgan fingerprint density at radius 1 is 0.622 bits per heavy atom. The van der Waals surface area contributed by atoms with Gasteiger partial charge in [-0.3, -0.25) is 0 Å². The molecule has 0 fully saturated rings. The van der Waals surface area contributed by atoms with Crippen molar-refractivity contribution in [1.82, 2.24) is 0 Å². The van der Waals surface area contributed by atoms with Gasteiger partial charge in [0.1, 0.15) is 5.75 Å². The van der Waals surface area contributed by atoms with E-state index in [1.165, 1.54) is 34.1 Å². The molecule has 0 radical (unpaired) electrons. The third-order valence-corrected chi connectivity index (χ3v) is 18.7. The topological polar surface area (TPSA) is 83.8 Å². The first kappa shape index (κ1) is 30.8. The van der Waals surface area contributed by atoms with Crippen molar-refractivity contribution in [3.8, 4) is 17.2 Å². The molecule has 0 aliphatic heterocycles. The van der Waals surface area contributed by atoms with Crippen molar-refractivity contribution in [2.45, 2.75) is 26.2 Å². The van der Waals surface area contributed by atoms with Crippen LogP contribution in [0.2, 0.25) is 0 Å². The van der Waals surface area contributed by atoms with Crippen LogP contribution in [0.4, 0.5) is 0 Å². The summed E-state index contributed by atoms with van der Waals surface area (Å²) in [5, 5.41) is 22.0. The normalized spacial score (nSPS) is 13.4. The molecule has 5 aromatic carbocycles. The number of hydrogen-bond acceptors (Lipinski definition) is 5. The molecule has 1 aliphatic carbocycles. The zero-order valence-corrected chi connectivity index (χ0v) is 27.4. The van der Waals surface area contributed by atoms with Gasteiger partial charge in [-0.1, -0.05) is 0 Å². The molecule has 228 valence electrons. The van der Waals surface area contributed by atoms with E-state index in [1.54, 1.807) is 13.0 Å². The van der Waals surface area contributed by atoms with Crippen LogP contribution < -0.4 is 20.7 Å². The standard InChI is InChI=1S/C38H34BrO5P/c1-26-22-31-35(33(40)23-26)38(43)36-32(37(31)42)24-27(25-34(36)41)44-20-12-5-13-21-45(39,28-14-6-2-7-15-28,29-16-8-3-9-17-29)30-18-10-4-11-19-30/h2-4,6-11,14-19,22-25,40-41H,5,12-13,20-21H2,1H3. The van der Waals surface area contributed by atoms with Crippen molar-refractivity contribution in [2.24, 2.45) is 0 Å². The predicted octanol–water partition coefficient (Wildman–Crippen LogP) is 7.57. The first-order valence-electron chi connectivity index (χ1n) is 15.0. The number of halogens is 1. The molecule has 0 saturated heterocycles. The molecule has 5 aromatic rings. The Hall–Kier alpha value is -4.25. The zero-order valence-electron chi connectivity index (χ0n) is 24.9. The molecule has 2 N–H and O–H groups in total. The quantitative estimate of drug-likeness (QED) is 0.115. The molecule has 5 nitrogen and oxygen atoms in total. The van der Waals surface area contributed by atoms with Gasteiger partial charge in [0.05, 0.1) is 0 Å². The van der Waals surface area contributed by atoms with Crippen LogP contribution in [0.15, 0.2) is 115 Å². The minimum absolute atomic E-state index is 0.0763. The summed E-state index contributed by atoms with van der Waals surface area (Å²) in [4.78, 5) is 26.5. The first-order chi connectivity index (χ1) is 21.7. The van der Waals surface area contributed by atoms with Crippen LogP contribution in [0.1, 0.15) is 56.7 Å². The van der Waals surface area contributed by atoms with Gasteiger partial charge in [-0.2, -0.15) is 0 Å². The molecular weight excluding hydrogens is 647 g/mol. The maximum absolute atomic E-state index is 13.3. The van der Waals surface area contributed by atoms with Crippen LogP contribution in [0, 0.1) is 6.92 Å². The van der Waals surface area contributed by atoms with E-state index < -0.39 is 16.9 Å². The molecule has 45 heavy (non-hydrogen) atoms. The molecule has 0 amide bonds. The molecule has 0 aromatic heterocycles. The van der Waals surface area contributed by atoms with Crippen molar-refractivity contribution in [3.63, 3.8) is 0 Å². The van der Waals surface area contributed by atoms with E-state index >= 15 is 0 Å². The second-order valence-electron chi connectivity index (χ2n) is 11.6. The van der Waals surface area contributed by atoms with Crippen LogP contribution in [-0.2, 0) is 0 Å². The Morgan fingerprint density at radius 2 is 1.11 bits per heavy atom. The fourth-order valence-electron chi connectivity index (χ4n) is 6.49. The van der Waals surface area contributed by atoms with Gasteiger partial charge in [0.25, 0.3) is 0 Å². The number of carbonyl (C=O) groups excluding carboxylic acids is 2. The summed E-state index contributed by atoms with van der Waals surface area (Å²) in [5.74, 6) is -1.28. The number of rotatable bonds is 10. The SMILES string of the molecule is Cc1cc(O)c2c(c1)C(=O)c1cc(OCCCCCP(Br)(c3ccccc3)(c3ccccc3)c3ccccc3)cc(O)c1C2=O. The number of ketones is 2. The third kappa shape index (κ3) is 5.37. The van der Waals surface area contributed by atoms with Gasteiger partial charge in [-0.05, 0) is 18.6 Å². The molecule has 0 bridgehead atoms. The second kappa shape index (κ2) is 12.3. The molecule has 0 atom stereocenters. The Morgan fingerprint density at radius 3 is 1.64 bits per heavy atom. The summed E-state index contributed by atoms with van der Waals surface area (Å²) in [7, 11) is 0. The molecule has 0 heterocycles. The minimum atomic E-state index is -2.99. The average Bonchev–Trinajstić information content (AvgIpc) is 3.06. The van der Waals surface area contributed by atoms with E-state index in [0.717, 1.165) is 25.4 Å². The van der Waals surface area contributed by atoms with Gasteiger partial charge in [0.15, 0.2) is 0 Å². The number of carbonyl (C=O) groups is 2. The number of unbranched alkanes of at least 4 members (excludes halogenated alkanes) is 2. The van der Waals surface area contributed by atoms with E-state index in [-0.39, 0.29) is 33.8 Å². The van der Waals surface area contributed by atoms with Crippen molar-refractivity contribution in [2.75, 3.05) is 12.8 Å². The van der Waals surface area contributed by atoms with Crippen LogP contribution in [0.25, 0.3) is 0 Å². The Balaban J connectivity index is 1.19. The Bertz CT molecular complexity index is 1790. The Labute approximate surface area is 271 Å². The summed E-state index contributed by atoms with van der Waals surface area (Å²) in [6, 6.07) is 38.1. The van der Waals surface area contributed by atoms with E-state index in [2.05, 4.69) is 106 Å². The number of ether oxygens (including phenoxy) is 1. The van der Waals surface area contributed by atoms with Gasteiger partial charge < -0.3 is 5.11 Å². The van der Waals surface area contributed by atoms with E-state index in [4.69, 9.17) is 4.74 Å². The van der Waals surface area contributed by atoms with Gasteiger partial charge in [-0.15, -0.1) is 0 Å². The Kier molecular flexibility index (Phi) is 8.39. The summed E-state index contributed by atoms with van der Waals surface area (Å²) >= 11 is 4.49. The van der Waals surface area contributed by atoms with Crippen LogP contribution in [0.5, 0.6) is 17.2 Å². The number of phenols is 2. The summed E-state index contributed by atoms with van der Waals surface area (Å²) in [6.07, 6.45) is 3.52. The number of aromatic hydroxyl groups is 2.